The molecule has 2 aromatic rings. The number of hydrogen-bond donors (Lipinski definition) is 0. The van der Waals surface area contributed by atoms with Gasteiger partial charge in [-0.05, 0) is 95.1 Å². The van der Waals surface area contributed by atoms with Gasteiger partial charge in [-0.25, -0.2) is 4.79 Å². The second-order valence-corrected chi connectivity index (χ2v) is 10.8. The Morgan fingerprint density at radius 3 is 2.41 bits per heavy atom. The maximum absolute atomic E-state index is 13.7. The van der Waals surface area contributed by atoms with Crippen LogP contribution in [0.2, 0.25) is 0 Å². The van der Waals surface area contributed by atoms with Crippen LogP contribution >= 0.6 is 0 Å². The molecule has 1 heterocycles. The minimum atomic E-state index is -0.590. The fourth-order valence-electron chi connectivity index (χ4n) is 4.92. The normalized spacial score (nSPS) is 18.1. The molecule has 1 aromatic carbocycles. The number of carbonyl (C=O) groups excluding carboxylic acids is 2. The fourth-order valence-corrected chi connectivity index (χ4v) is 4.92. The van der Waals surface area contributed by atoms with Crippen LogP contribution in [-0.2, 0) is 17.6 Å². The van der Waals surface area contributed by atoms with E-state index < -0.39 is 11.7 Å². The monoisotopic (exact) mass is 500 g/mol. The predicted molar refractivity (Wildman–Crippen MR) is 143 cm³/mol. The Morgan fingerprint density at radius 1 is 1.16 bits per heavy atom. The maximum atomic E-state index is 13.7. The van der Waals surface area contributed by atoms with Crippen molar-refractivity contribution in [2.45, 2.75) is 90.8 Å². The SMILES string of the molecule is C/C=C\C(=C(\C#N)CC)c1ccc(C(=O)N(C2CC2)C2CCc3nn(C(=O)OC(C)(C)C)cc3C2)cc1. The quantitative estimate of drug-likeness (QED) is 0.354. The summed E-state index contributed by atoms with van der Waals surface area (Å²) in [5, 5.41) is 14.0. The zero-order valence-electron chi connectivity index (χ0n) is 22.5. The van der Waals surface area contributed by atoms with Crippen LogP contribution in [0, 0.1) is 11.3 Å². The first-order valence-corrected chi connectivity index (χ1v) is 13.1. The number of carbonyl (C=O) groups is 2. The van der Waals surface area contributed by atoms with Gasteiger partial charge in [-0.3, -0.25) is 4.79 Å². The highest BCUT2D eigenvalue weighted by molar-refractivity contribution is 5.95. The topological polar surface area (TPSA) is 88.2 Å². The van der Waals surface area contributed by atoms with E-state index in [1.165, 1.54) is 4.68 Å². The minimum Gasteiger partial charge on any atom is -0.442 e. The zero-order chi connectivity index (χ0) is 26.7. The number of aryl methyl sites for hydroxylation is 1. The molecule has 0 radical (unpaired) electrons. The lowest BCUT2D eigenvalue weighted by Crippen LogP contribution is -2.44. The molecular formula is C30H36N4O3. The third kappa shape index (κ3) is 6.02. The number of rotatable bonds is 6. The van der Waals surface area contributed by atoms with Gasteiger partial charge in [0.05, 0.1) is 11.8 Å². The molecule has 0 bridgehead atoms. The molecule has 2 aliphatic rings. The molecule has 0 N–H and O–H groups in total. The first-order chi connectivity index (χ1) is 17.6. The van der Waals surface area contributed by atoms with Gasteiger partial charge in [0.15, 0.2) is 0 Å². The van der Waals surface area contributed by atoms with Crippen LogP contribution in [0.4, 0.5) is 4.79 Å². The molecule has 1 amide bonds. The van der Waals surface area contributed by atoms with Gasteiger partial charge in [0, 0.05) is 29.4 Å². The van der Waals surface area contributed by atoms with E-state index >= 15 is 0 Å². The first kappa shape index (κ1) is 26.4. The van der Waals surface area contributed by atoms with E-state index in [-0.39, 0.29) is 18.0 Å². The number of hydrogen-bond acceptors (Lipinski definition) is 5. The van der Waals surface area contributed by atoms with Crippen molar-refractivity contribution < 1.29 is 14.3 Å². The molecule has 0 aliphatic heterocycles. The van der Waals surface area contributed by atoms with Gasteiger partial charge in [-0.15, -0.1) is 0 Å². The Kier molecular flexibility index (Phi) is 7.68. The summed E-state index contributed by atoms with van der Waals surface area (Å²) in [6, 6.07) is 10.2. The summed E-state index contributed by atoms with van der Waals surface area (Å²) in [5.74, 6) is 0.0367. The molecule has 2 aliphatic carbocycles. The lowest BCUT2D eigenvalue weighted by atomic mass is 9.91. The molecule has 194 valence electrons. The summed E-state index contributed by atoms with van der Waals surface area (Å²) >= 11 is 0. The van der Waals surface area contributed by atoms with Gasteiger partial charge in [0.1, 0.15) is 5.60 Å². The van der Waals surface area contributed by atoms with Crippen LogP contribution in [0.15, 0.2) is 48.2 Å². The lowest BCUT2D eigenvalue weighted by Gasteiger charge is -2.34. The van der Waals surface area contributed by atoms with Crippen molar-refractivity contribution in [3.05, 3.63) is 70.6 Å². The molecule has 0 saturated heterocycles. The van der Waals surface area contributed by atoms with Crippen molar-refractivity contribution in [3.8, 4) is 6.07 Å². The molecule has 0 spiro atoms. The predicted octanol–water partition coefficient (Wildman–Crippen LogP) is 6.09. The number of amides is 1. The molecular weight excluding hydrogens is 464 g/mol. The summed E-state index contributed by atoms with van der Waals surface area (Å²) in [6.45, 7) is 9.41. The minimum absolute atomic E-state index is 0.0367. The van der Waals surface area contributed by atoms with Gasteiger partial charge in [0.2, 0.25) is 0 Å². The van der Waals surface area contributed by atoms with Crippen LogP contribution in [0.3, 0.4) is 0 Å². The highest BCUT2D eigenvalue weighted by atomic mass is 16.6. The van der Waals surface area contributed by atoms with Gasteiger partial charge in [-0.2, -0.15) is 15.0 Å². The Labute approximate surface area is 219 Å². The zero-order valence-corrected chi connectivity index (χ0v) is 22.5. The van der Waals surface area contributed by atoms with Crippen LogP contribution in [0.5, 0.6) is 0 Å². The van der Waals surface area contributed by atoms with E-state index in [9.17, 15) is 14.9 Å². The van der Waals surface area contributed by atoms with Crippen molar-refractivity contribution in [1.82, 2.24) is 14.7 Å². The summed E-state index contributed by atoms with van der Waals surface area (Å²) < 4.78 is 6.76. The van der Waals surface area contributed by atoms with Gasteiger partial charge in [-0.1, -0.05) is 31.2 Å². The highest BCUT2D eigenvalue weighted by Gasteiger charge is 2.39. The Hall–Kier alpha value is -3.66. The van der Waals surface area contributed by atoms with Gasteiger partial charge >= 0.3 is 6.09 Å². The van der Waals surface area contributed by atoms with Crippen molar-refractivity contribution in [2.75, 3.05) is 0 Å². The smallest absolute Gasteiger partial charge is 0.435 e. The van der Waals surface area contributed by atoms with E-state index in [2.05, 4.69) is 16.1 Å². The lowest BCUT2D eigenvalue weighted by molar-refractivity contribution is 0.0513. The molecule has 1 saturated carbocycles. The Bertz CT molecular complexity index is 1270. The molecule has 1 atom stereocenters. The van der Waals surface area contributed by atoms with Crippen molar-refractivity contribution in [1.29, 1.82) is 5.26 Å². The number of ether oxygens (including phenoxy) is 1. The first-order valence-electron chi connectivity index (χ1n) is 13.1. The number of allylic oxidation sites excluding steroid dienone is 4. The van der Waals surface area contributed by atoms with Crippen LogP contribution in [-0.4, -0.2) is 44.4 Å². The molecule has 7 heteroatoms. The number of fused-ring (bicyclic) bond motifs is 1. The molecule has 7 nitrogen and oxygen atoms in total. The van der Waals surface area contributed by atoms with Crippen molar-refractivity contribution in [2.24, 2.45) is 0 Å². The third-order valence-corrected chi connectivity index (χ3v) is 6.79. The van der Waals surface area contributed by atoms with Gasteiger partial charge in [0.25, 0.3) is 5.91 Å². The molecule has 1 fully saturated rings. The highest BCUT2D eigenvalue weighted by Crippen LogP contribution is 2.35. The maximum Gasteiger partial charge on any atom is 0.435 e. The largest absolute Gasteiger partial charge is 0.442 e. The standard InChI is InChI=1S/C30H36N4O3/c1-6-8-26(20(7-2)18-31)21-9-11-22(12-10-21)28(35)34(24-13-14-24)25-15-16-27-23(17-25)19-33(32-27)29(36)37-30(3,4)5/h6,8-12,19,24-25H,7,13-17H2,1-5H3/b8-6-,26-20-. The van der Waals surface area contributed by atoms with Crippen molar-refractivity contribution in [3.63, 3.8) is 0 Å². The van der Waals surface area contributed by atoms with Crippen LogP contribution in [0.1, 0.15) is 87.5 Å². The number of benzene rings is 1. The van der Waals surface area contributed by atoms with E-state index in [1.807, 2.05) is 71.0 Å². The molecule has 1 aromatic heterocycles. The molecule has 37 heavy (non-hydrogen) atoms. The number of aromatic nitrogens is 2. The Balaban J connectivity index is 1.54. The summed E-state index contributed by atoms with van der Waals surface area (Å²) in [6.07, 6.45) is 10.0. The summed E-state index contributed by atoms with van der Waals surface area (Å²) in [7, 11) is 0. The van der Waals surface area contributed by atoms with E-state index in [4.69, 9.17) is 4.74 Å². The van der Waals surface area contributed by atoms with E-state index in [0.29, 0.717) is 18.4 Å². The number of nitriles is 1. The summed E-state index contributed by atoms with van der Waals surface area (Å²) in [4.78, 5) is 28.3. The van der Waals surface area contributed by atoms with Crippen LogP contribution < -0.4 is 0 Å². The molecule has 1 unspecified atom stereocenters. The van der Waals surface area contributed by atoms with E-state index in [0.717, 1.165) is 53.7 Å². The Morgan fingerprint density at radius 2 is 1.84 bits per heavy atom. The average Bonchev–Trinajstić information content (AvgIpc) is 3.60. The van der Waals surface area contributed by atoms with Crippen molar-refractivity contribution >= 4 is 17.6 Å². The summed E-state index contributed by atoms with van der Waals surface area (Å²) in [5.41, 5.74) is 4.52. The van der Waals surface area contributed by atoms with E-state index in [1.54, 1.807) is 6.20 Å². The second-order valence-electron chi connectivity index (χ2n) is 10.8. The average molecular weight is 501 g/mol. The van der Waals surface area contributed by atoms with Crippen LogP contribution in [0.25, 0.3) is 5.57 Å². The second kappa shape index (κ2) is 10.8. The third-order valence-electron chi connectivity index (χ3n) is 6.79. The number of nitrogens with zero attached hydrogens (tertiary/aromatic N) is 4. The molecule has 4 rings (SSSR count). The van der Waals surface area contributed by atoms with Gasteiger partial charge < -0.3 is 9.64 Å². The fraction of sp³-hybridized carbons (Fsp3) is 0.467.